The van der Waals surface area contributed by atoms with Crippen molar-refractivity contribution in [2.24, 2.45) is 0 Å². The minimum Gasteiger partial charge on any atom is -0.508 e. The van der Waals surface area contributed by atoms with Crippen molar-refractivity contribution in [3.63, 3.8) is 0 Å². The molecule has 4 heteroatoms. The second-order valence-corrected chi connectivity index (χ2v) is 8.97. The zero-order valence-corrected chi connectivity index (χ0v) is 18.8. The smallest absolute Gasteiger partial charge is 0.131 e. The van der Waals surface area contributed by atoms with Gasteiger partial charge in [0.2, 0.25) is 0 Å². The predicted molar refractivity (Wildman–Crippen MR) is 130 cm³/mol. The lowest BCUT2D eigenvalue weighted by atomic mass is 10.00. The quantitative estimate of drug-likeness (QED) is 0.456. The van der Waals surface area contributed by atoms with Crippen LogP contribution in [0.5, 0.6) is 5.75 Å². The minimum atomic E-state index is 0.270. The van der Waals surface area contributed by atoms with Crippen LogP contribution in [0.25, 0.3) is 22.0 Å². The summed E-state index contributed by atoms with van der Waals surface area (Å²) >= 11 is 0. The number of aromatic nitrogens is 2. The van der Waals surface area contributed by atoms with Gasteiger partial charge in [0.15, 0.2) is 0 Å². The molecule has 1 aliphatic rings. The number of phenolic OH excluding ortho intramolecular Hbond substituents is 1. The van der Waals surface area contributed by atoms with Crippen LogP contribution in [0.4, 0.5) is 0 Å². The lowest BCUT2D eigenvalue weighted by Crippen LogP contribution is -2.26. The zero-order chi connectivity index (χ0) is 22.1. The van der Waals surface area contributed by atoms with E-state index in [0.717, 1.165) is 49.6 Å². The van der Waals surface area contributed by atoms with E-state index >= 15 is 0 Å². The summed E-state index contributed by atoms with van der Waals surface area (Å²) in [4.78, 5) is 12.5. The van der Waals surface area contributed by atoms with E-state index < -0.39 is 0 Å². The van der Waals surface area contributed by atoms with Crippen LogP contribution in [0.3, 0.4) is 0 Å². The van der Waals surface area contributed by atoms with Gasteiger partial charge in [0.1, 0.15) is 11.6 Å². The Morgan fingerprint density at radius 3 is 2.44 bits per heavy atom. The highest BCUT2D eigenvalue weighted by atomic mass is 16.3. The largest absolute Gasteiger partial charge is 0.508 e. The summed E-state index contributed by atoms with van der Waals surface area (Å²) in [6, 6.07) is 22.6. The second-order valence-electron chi connectivity index (χ2n) is 8.97. The molecule has 162 valence electrons. The van der Waals surface area contributed by atoms with Crippen LogP contribution < -0.4 is 0 Å². The average Bonchev–Trinajstić information content (AvgIpc) is 3.02. The summed E-state index contributed by atoms with van der Waals surface area (Å²) in [5, 5.41) is 12.4. The summed E-state index contributed by atoms with van der Waals surface area (Å²) < 4.78 is 0. The topological polar surface area (TPSA) is 49.3 Å². The molecule has 0 bridgehead atoms. The maximum Gasteiger partial charge on any atom is 0.131 e. The standard InChI is InChI=1S/C28H29N3O/c1-19(2)28-29-26-15-17-31(18-22-8-5-7-20-6-3-4-9-24(20)22)16-14-25(26)27(30-28)21-10-12-23(32)13-11-21/h3-13,19,32H,14-18H2,1-2H3. The first-order valence-electron chi connectivity index (χ1n) is 11.5. The summed E-state index contributed by atoms with van der Waals surface area (Å²) in [6.07, 6.45) is 1.85. The number of phenols is 1. The minimum absolute atomic E-state index is 0.270. The Morgan fingerprint density at radius 1 is 0.875 bits per heavy atom. The monoisotopic (exact) mass is 423 g/mol. The molecule has 0 saturated carbocycles. The number of nitrogens with zero attached hydrogens (tertiary/aromatic N) is 3. The molecule has 3 aromatic carbocycles. The fourth-order valence-corrected chi connectivity index (χ4v) is 4.61. The molecule has 1 aliphatic heterocycles. The lowest BCUT2D eigenvalue weighted by molar-refractivity contribution is 0.280. The van der Waals surface area contributed by atoms with Crippen LogP contribution in [0.1, 0.15) is 42.4 Å². The van der Waals surface area contributed by atoms with Gasteiger partial charge >= 0.3 is 0 Å². The molecule has 1 N–H and O–H groups in total. The molecule has 0 saturated heterocycles. The van der Waals surface area contributed by atoms with Crippen molar-refractivity contribution in [1.29, 1.82) is 0 Å². The molecular formula is C28H29N3O. The zero-order valence-electron chi connectivity index (χ0n) is 18.8. The van der Waals surface area contributed by atoms with Crippen LogP contribution >= 0.6 is 0 Å². The van der Waals surface area contributed by atoms with Gasteiger partial charge < -0.3 is 5.11 Å². The third kappa shape index (κ3) is 4.11. The van der Waals surface area contributed by atoms with Crippen molar-refractivity contribution in [3.05, 3.63) is 89.4 Å². The first kappa shape index (κ1) is 20.7. The van der Waals surface area contributed by atoms with Gasteiger partial charge in [-0.15, -0.1) is 0 Å². The Kier molecular flexibility index (Phi) is 5.62. The first-order valence-corrected chi connectivity index (χ1v) is 11.5. The van der Waals surface area contributed by atoms with Crippen molar-refractivity contribution >= 4 is 10.8 Å². The van der Waals surface area contributed by atoms with E-state index in [1.54, 1.807) is 12.1 Å². The number of fused-ring (bicyclic) bond motifs is 2. The van der Waals surface area contributed by atoms with Gasteiger partial charge in [-0.05, 0) is 47.0 Å². The fourth-order valence-electron chi connectivity index (χ4n) is 4.61. The highest BCUT2D eigenvalue weighted by molar-refractivity contribution is 5.85. The van der Waals surface area contributed by atoms with Gasteiger partial charge in [0.05, 0.1) is 5.69 Å². The van der Waals surface area contributed by atoms with Crippen molar-refractivity contribution in [2.45, 2.75) is 39.2 Å². The van der Waals surface area contributed by atoms with Gasteiger partial charge in [0, 0.05) is 48.8 Å². The predicted octanol–water partition coefficient (Wildman–Crippen LogP) is 5.73. The maximum absolute atomic E-state index is 9.74. The molecule has 2 heterocycles. The van der Waals surface area contributed by atoms with Gasteiger partial charge in [-0.25, -0.2) is 9.97 Å². The molecule has 0 fully saturated rings. The van der Waals surface area contributed by atoms with Crippen molar-refractivity contribution < 1.29 is 5.11 Å². The van der Waals surface area contributed by atoms with Crippen molar-refractivity contribution in [1.82, 2.24) is 14.9 Å². The summed E-state index contributed by atoms with van der Waals surface area (Å²) in [7, 11) is 0. The van der Waals surface area contributed by atoms with E-state index in [4.69, 9.17) is 9.97 Å². The van der Waals surface area contributed by atoms with Crippen molar-refractivity contribution in [3.8, 4) is 17.0 Å². The number of hydrogen-bond acceptors (Lipinski definition) is 4. The fraction of sp³-hybridized carbons (Fsp3) is 0.286. The average molecular weight is 424 g/mol. The Balaban J connectivity index is 1.46. The SMILES string of the molecule is CC(C)c1nc2c(c(-c3ccc(O)cc3)n1)CCN(Cc1cccc3ccccc13)CC2. The molecule has 0 amide bonds. The highest BCUT2D eigenvalue weighted by Crippen LogP contribution is 2.30. The van der Waals surface area contributed by atoms with Gasteiger partial charge in [-0.3, -0.25) is 4.90 Å². The number of hydrogen-bond donors (Lipinski definition) is 1. The molecule has 0 atom stereocenters. The Labute approximate surface area is 189 Å². The molecule has 4 nitrogen and oxygen atoms in total. The summed E-state index contributed by atoms with van der Waals surface area (Å²) in [5.41, 5.74) is 5.87. The molecule has 0 spiro atoms. The van der Waals surface area contributed by atoms with E-state index in [9.17, 15) is 5.11 Å². The van der Waals surface area contributed by atoms with Gasteiger partial charge in [-0.2, -0.15) is 0 Å². The Morgan fingerprint density at radius 2 is 1.62 bits per heavy atom. The Bertz CT molecular complexity index is 1240. The third-order valence-electron chi connectivity index (χ3n) is 6.38. The van der Waals surface area contributed by atoms with Crippen LogP contribution in [0.15, 0.2) is 66.7 Å². The molecule has 0 unspecified atom stereocenters. The lowest BCUT2D eigenvalue weighted by Gasteiger charge is -2.20. The second kappa shape index (κ2) is 8.71. The van der Waals surface area contributed by atoms with Crippen molar-refractivity contribution in [2.75, 3.05) is 13.1 Å². The number of rotatable bonds is 4. The van der Waals surface area contributed by atoms with E-state index in [1.807, 2.05) is 12.1 Å². The molecule has 32 heavy (non-hydrogen) atoms. The highest BCUT2D eigenvalue weighted by Gasteiger charge is 2.22. The maximum atomic E-state index is 9.74. The molecule has 4 aromatic rings. The van der Waals surface area contributed by atoms with Gasteiger partial charge in [0.25, 0.3) is 0 Å². The van der Waals surface area contributed by atoms with E-state index in [1.165, 1.54) is 27.6 Å². The van der Waals surface area contributed by atoms with Gasteiger partial charge in [-0.1, -0.05) is 56.3 Å². The van der Waals surface area contributed by atoms with Crippen LogP contribution in [0, 0.1) is 0 Å². The van der Waals surface area contributed by atoms with Crippen LogP contribution in [-0.4, -0.2) is 33.1 Å². The summed E-state index contributed by atoms with van der Waals surface area (Å²) in [5.74, 6) is 1.44. The number of aromatic hydroxyl groups is 1. The molecule has 5 rings (SSSR count). The van der Waals surface area contributed by atoms with E-state index in [-0.39, 0.29) is 11.7 Å². The molecule has 0 aliphatic carbocycles. The Hall–Kier alpha value is -3.24. The van der Waals surface area contributed by atoms with E-state index in [2.05, 4.69) is 61.2 Å². The first-order chi connectivity index (χ1) is 15.6. The van der Waals surface area contributed by atoms with Crippen LogP contribution in [-0.2, 0) is 19.4 Å². The molecular weight excluding hydrogens is 394 g/mol. The summed E-state index contributed by atoms with van der Waals surface area (Å²) in [6.45, 7) is 7.19. The molecule has 1 aromatic heterocycles. The normalized spacial score (nSPS) is 14.5. The number of benzene rings is 3. The van der Waals surface area contributed by atoms with E-state index in [0.29, 0.717) is 0 Å². The van der Waals surface area contributed by atoms with Crippen LogP contribution in [0.2, 0.25) is 0 Å². The molecule has 0 radical (unpaired) electrons. The third-order valence-corrected chi connectivity index (χ3v) is 6.38.